The summed E-state index contributed by atoms with van der Waals surface area (Å²) in [6, 6.07) is 6.14. The third-order valence-electron chi connectivity index (χ3n) is 2.15. The lowest BCUT2D eigenvalue weighted by atomic mass is 10.1. The van der Waals surface area contributed by atoms with Crippen LogP contribution >= 0.6 is 11.8 Å². The van der Waals surface area contributed by atoms with Crippen molar-refractivity contribution in [3.63, 3.8) is 0 Å². The number of nitrogen functional groups attached to an aromatic ring is 1. The number of benzene rings is 1. The molecule has 0 heterocycles. The molecule has 0 aliphatic rings. The molecule has 1 aromatic rings. The van der Waals surface area contributed by atoms with E-state index in [0.717, 1.165) is 11.4 Å². The molecule has 14 heavy (non-hydrogen) atoms. The Morgan fingerprint density at radius 3 is 2.50 bits per heavy atom. The number of anilines is 1. The lowest BCUT2D eigenvalue weighted by molar-refractivity contribution is 0.802. The van der Waals surface area contributed by atoms with Gasteiger partial charge in [0, 0.05) is 16.2 Å². The Morgan fingerprint density at radius 1 is 1.29 bits per heavy atom. The van der Waals surface area contributed by atoms with E-state index in [4.69, 9.17) is 5.73 Å². The van der Waals surface area contributed by atoms with Crippen LogP contribution in [0, 0.1) is 6.92 Å². The molecule has 0 aromatic heterocycles. The predicted molar refractivity (Wildman–Crippen MR) is 66.6 cm³/mol. The molecule has 2 N–H and O–H groups in total. The van der Waals surface area contributed by atoms with E-state index in [1.807, 2.05) is 23.9 Å². The van der Waals surface area contributed by atoms with Gasteiger partial charge in [-0.1, -0.05) is 32.9 Å². The standard InChI is InChI=1S/C12H19NS/c1-9-10(6-5-7-11(9)13)8-14-12(2,3)4/h5-7H,8,13H2,1-4H3. The maximum Gasteiger partial charge on any atom is 0.0346 e. The lowest BCUT2D eigenvalue weighted by Gasteiger charge is -2.18. The Labute approximate surface area is 91.1 Å². The van der Waals surface area contributed by atoms with Crippen molar-refractivity contribution in [3.8, 4) is 0 Å². The summed E-state index contributed by atoms with van der Waals surface area (Å²) >= 11 is 1.95. The topological polar surface area (TPSA) is 26.0 Å². The van der Waals surface area contributed by atoms with Crippen molar-refractivity contribution in [2.24, 2.45) is 0 Å². The molecule has 1 nitrogen and oxygen atoms in total. The number of thioether (sulfide) groups is 1. The maximum atomic E-state index is 5.85. The molecule has 1 aromatic carbocycles. The van der Waals surface area contributed by atoms with Gasteiger partial charge in [0.05, 0.1) is 0 Å². The van der Waals surface area contributed by atoms with E-state index in [0.29, 0.717) is 4.75 Å². The molecule has 0 aliphatic heterocycles. The quantitative estimate of drug-likeness (QED) is 0.753. The first kappa shape index (κ1) is 11.4. The van der Waals surface area contributed by atoms with E-state index in [9.17, 15) is 0 Å². The van der Waals surface area contributed by atoms with Crippen molar-refractivity contribution in [3.05, 3.63) is 29.3 Å². The van der Waals surface area contributed by atoms with Crippen molar-refractivity contribution in [1.82, 2.24) is 0 Å². The van der Waals surface area contributed by atoms with Gasteiger partial charge in [0.1, 0.15) is 0 Å². The van der Waals surface area contributed by atoms with Crippen LogP contribution < -0.4 is 5.73 Å². The molecule has 0 amide bonds. The van der Waals surface area contributed by atoms with Crippen LogP contribution in [0.3, 0.4) is 0 Å². The van der Waals surface area contributed by atoms with Crippen LogP contribution in [-0.4, -0.2) is 4.75 Å². The van der Waals surface area contributed by atoms with Gasteiger partial charge in [-0.15, -0.1) is 0 Å². The molecule has 0 aliphatic carbocycles. The number of hydrogen-bond acceptors (Lipinski definition) is 2. The van der Waals surface area contributed by atoms with E-state index >= 15 is 0 Å². The van der Waals surface area contributed by atoms with Gasteiger partial charge in [-0.2, -0.15) is 11.8 Å². The summed E-state index contributed by atoms with van der Waals surface area (Å²) in [5, 5.41) is 0. The predicted octanol–water partition coefficient (Wildman–Crippen LogP) is 3.61. The first-order chi connectivity index (χ1) is 6.40. The van der Waals surface area contributed by atoms with E-state index in [2.05, 4.69) is 33.8 Å². The summed E-state index contributed by atoms with van der Waals surface area (Å²) in [4.78, 5) is 0. The smallest absolute Gasteiger partial charge is 0.0346 e. The summed E-state index contributed by atoms with van der Waals surface area (Å²) in [7, 11) is 0. The average molecular weight is 209 g/mol. The Hall–Kier alpha value is -0.630. The molecule has 0 spiro atoms. The monoisotopic (exact) mass is 209 g/mol. The minimum Gasteiger partial charge on any atom is -0.399 e. The lowest BCUT2D eigenvalue weighted by Crippen LogP contribution is -2.08. The minimum atomic E-state index is 0.317. The van der Waals surface area contributed by atoms with E-state index < -0.39 is 0 Å². The third-order valence-corrected chi connectivity index (χ3v) is 3.47. The maximum absolute atomic E-state index is 5.85. The van der Waals surface area contributed by atoms with E-state index in [1.165, 1.54) is 11.1 Å². The third kappa shape index (κ3) is 3.26. The van der Waals surface area contributed by atoms with Gasteiger partial charge in [-0.05, 0) is 24.1 Å². The van der Waals surface area contributed by atoms with Crippen LogP contribution in [0.4, 0.5) is 5.69 Å². The van der Waals surface area contributed by atoms with Gasteiger partial charge in [0.15, 0.2) is 0 Å². The zero-order chi connectivity index (χ0) is 10.8. The molecule has 0 fully saturated rings. The fraction of sp³-hybridized carbons (Fsp3) is 0.500. The second kappa shape index (κ2) is 4.26. The highest BCUT2D eigenvalue weighted by Gasteiger charge is 2.11. The average Bonchev–Trinajstić information content (AvgIpc) is 2.06. The van der Waals surface area contributed by atoms with E-state index in [1.54, 1.807) is 0 Å². The van der Waals surface area contributed by atoms with Gasteiger partial charge in [-0.25, -0.2) is 0 Å². The van der Waals surface area contributed by atoms with Crippen LogP contribution in [-0.2, 0) is 5.75 Å². The molecular weight excluding hydrogens is 190 g/mol. The summed E-state index contributed by atoms with van der Waals surface area (Å²) in [5.74, 6) is 1.04. The molecule has 0 saturated carbocycles. The van der Waals surface area contributed by atoms with Gasteiger partial charge >= 0.3 is 0 Å². The fourth-order valence-electron chi connectivity index (χ4n) is 1.15. The highest BCUT2D eigenvalue weighted by atomic mass is 32.2. The number of nitrogens with two attached hydrogens (primary N) is 1. The molecule has 1 rings (SSSR count). The highest BCUT2D eigenvalue weighted by molar-refractivity contribution is 7.99. The van der Waals surface area contributed by atoms with Gasteiger partial charge in [0.2, 0.25) is 0 Å². The first-order valence-corrected chi connectivity index (χ1v) is 5.86. The van der Waals surface area contributed by atoms with Crippen LogP contribution in [0.5, 0.6) is 0 Å². The van der Waals surface area contributed by atoms with Crippen LogP contribution in [0.2, 0.25) is 0 Å². The van der Waals surface area contributed by atoms with Crippen molar-refractivity contribution >= 4 is 17.4 Å². The van der Waals surface area contributed by atoms with Crippen LogP contribution in [0.25, 0.3) is 0 Å². The molecule has 2 heteroatoms. The molecule has 0 saturated heterocycles. The highest BCUT2D eigenvalue weighted by Crippen LogP contribution is 2.29. The van der Waals surface area contributed by atoms with E-state index in [-0.39, 0.29) is 0 Å². The molecule has 0 radical (unpaired) electrons. The largest absolute Gasteiger partial charge is 0.399 e. The Bertz CT molecular complexity index is 313. The van der Waals surface area contributed by atoms with Gasteiger partial charge in [0.25, 0.3) is 0 Å². The van der Waals surface area contributed by atoms with Crippen molar-refractivity contribution in [2.45, 2.75) is 38.2 Å². The number of rotatable bonds is 2. The molecule has 0 unspecified atom stereocenters. The zero-order valence-electron chi connectivity index (χ0n) is 9.42. The van der Waals surface area contributed by atoms with Crippen molar-refractivity contribution < 1.29 is 0 Å². The summed E-state index contributed by atoms with van der Waals surface area (Å²) in [6.45, 7) is 8.80. The fourth-order valence-corrected chi connectivity index (χ4v) is 2.06. The van der Waals surface area contributed by atoms with Crippen molar-refractivity contribution in [2.75, 3.05) is 5.73 Å². The Balaban J connectivity index is 2.73. The second-order valence-corrected chi connectivity index (χ2v) is 6.33. The molecule has 0 bridgehead atoms. The summed E-state index contributed by atoms with van der Waals surface area (Å²) < 4.78 is 0.317. The first-order valence-electron chi connectivity index (χ1n) is 4.88. The zero-order valence-corrected chi connectivity index (χ0v) is 10.2. The van der Waals surface area contributed by atoms with Crippen LogP contribution in [0.15, 0.2) is 18.2 Å². The molecule has 78 valence electrons. The minimum absolute atomic E-state index is 0.317. The summed E-state index contributed by atoms with van der Waals surface area (Å²) in [5.41, 5.74) is 9.33. The summed E-state index contributed by atoms with van der Waals surface area (Å²) in [6.07, 6.45) is 0. The van der Waals surface area contributed by atoms with Crippen molar-refractivity contribution in [1.29, 1.82) is 0 Å². The Morgan fingerprint density at radius 2 is 1.93 bits per heavy atom. The van der Waals surface area contributed by atoms with Crippen LogP contribution in [0.1, 0.15) is 31.9 Å². The second-order valence-electron chi connectivity index (χ2n) is 4.53. The molecule has 0 atom stereocenters. The van der Waals surface area contributed by atoms with Gasteiger partial charge in [-0.3, -0.25) is 0 Å². The van der Waals surface area contributed by atoms with Gasteiger partial charge < -0.3 is 5.73 Å². The normalized spacial score (nSPS) is 11.7. The number of hydrogen-bond donors (Lipinski definition) is 1. The SMILES string of the molecule is Cc1c(N)cccc1CSC(C)(C)C. The Kier molecular flexibility index (Phi) is 3.48. The molecular formula is C12H19NS.